The van der Waals surface area contributed by atoms with Gasteiger partial charge in [0.15, 0.2) is 5.69 Å². The predicted octanol–water partition coefficient (Wildman–Crippen LogP) is 2.74. The van der Waals surface area contributed by atoms with Gasteiger partial charge in [-0.05, 0) is 31.7 Å². The molecule has 2 aliphatic heterocycles. The van der Waals surface area contributed by atoms with E-state index in [4.69, 9.17) is 5.10 Å². The average Bonchev–Trinajstić information content (AvgIpc) is 3.34. The highest BCUT2D eigenvalue weighted by molar-refractivity contribution is 5.94. The van der Waals surface area contributed by atoms with Crippen LogP contribution in [0.2, 0.25) is 0 Å². The quantitative estimate of drug-likeness (QED) is 0.831. The lowest BCUT2D eigenvalue weighted by atomic mass is 10.0. The number of carbonyl (C=O) groups is 1. The van der Waals surface area contributed by atoms with Crippen molar-refractivity contribution >= 4 is 5.91 Å². The number of aromatic nitrogens is 2. The van der Waals surface area contributed by atoms with Gasteiger partial charge in [-0.3, -0.25) is 14.4 Å². The molecule has 0 aliphatic carbocycles. The predicted molar refractivity (Wildman–Crippen MR) is 102 cm³/mol. The van der Waals surface area contributed by atoms with Crippen molar-refractivity contribution in [3.8, 4) is 0 Å². The lowest BCUT2D eigenvalue weighted by Crippen LogP contribution is -2.34. The Kier molecular flexibility index (Phi) is 5.07. The molecule has 0 saturated carbocycles. The molecule has 1 saturated heterocycles. The van der Waals surface area contributed by atoms with E-state index in [0.29, 0.717) is 5.69 Å². The average molecular weight is 352 g/mol. The van der Waals surface area contributed by atoms with Crippen LogP contribution in [0.5, 0.6) is 0 Å². The van der Waals surface area contributed by atoms with Crippen LogP contribution in [-0.2, 0) is 25.9 Å². The molecule has 5 heteroatoms. The fourth-order valence-electron chi connectivity index (χ4n) is 4.17. The molecule has 2 aromatic rings. The lowest BCUT2D eigenvalue weighted by molar-refractivity contribution is 0.0783. The van der Waals surface area contributed by atoms with Gasteiger partial charge in [-0.25, -0.2) is 0 Å². The van der Waals surface area contributed by atoms with Gasteiger partial charge in [-0.15, -0.1) is 0 Å². The van der Waals surface area contributed by atoms with Gasteiger partial charge in [0, 0.05) is 56.9 Å². The van der Waals surface area contributed by atoms with Crippen LogP contribution in [-0.4, -0.2) is 51.7 Å². The minimum atomic E-state index is 0.135. The number of likely N-dealkylation sites (tertiary alicyclic amines) is 1. The molecule has 0 bridgehead atoms. The molecule has 3 heterocycles. The smallest absolute Gasteiger partial charge is 0.274 e. The second kappa shape index (κ2) is 7.62. The third kappa shape index (κ3) is 3.40. The summed E-state index contributed by atoms with van der Waals surface area (Å²) in [6.45, 7) is 7.62. The summed E-state index contributed by atoms with van der Waals surface area (Å²) in [7, 11) is 0. The van der Waals surface area contributed by atoms with E-state index < -0.39 is 0 Å². The number of carbonyl (C=O) groups excluding carboxylic acids is 1. The molecular weight excluding hydrogens is 324 g/mol. The minimum Gasteiger partial charge on any atom is -0.337 e. The van der Waals surface area contributed by atoms with Gasteiger partial charge < -0.3 is 4.90 Å². The second-order valence-electron chi connectivity index (χ2n) is 7.35. The molecule has 26 heavy (non-hydrogen) atoms. The third-order valence-corrected chi connectivity index (χ3v) is 5.67. The molecule has 1 aromatic carbocycles. The van der Waals surface area contributed by atoms with Crippen molar-refractivity contribution in [2.45, 2.75) is 45.7 Å². The molecule has 0 N–H and O–H groups in total. The standard InChI is InChI=1S/C21H28N4O/c1-2-25-19-11-15-23(14-10-17-8-4-3-5-9-17)16-18(19)20(22-25)21(26)24-12-6-7-13-24/h3-5,8-9H,2,6-7,10-16H2,1H3. The Hall–Kier alpha value is -2.14. The van der Waals surface area contributed by atoms with Crippen LogP contribution in [0, 0.1) is 0 Å². The summed E-state index contributed by atoms with van der Waals surface area (Å²) in [4.78, 5) is 17.4. The van der Waals surface area contributed by atoms with E-state index in [2.05, 4.69) is 42.2 Å². The van der Waals surface area contributed by atoms with Crippen LogP contribution in [0.15, 0.2) is 30.3 Å². The number of hydrogen-bond acceptors (Lipinski definition) is 3. The van der Waals surface area contributed by atoms with Crippen molar-refractivity contribution < 1.29 is 4.79 Å². The van der Waals surface area contributed by atoms with Crippen molar-refractivity contribution in [3.05, 3.63) is 52.8 Å². The van der Waals surface area contributed by atoms with Gasteiger partial charge in [0.25, 0.3) is 5.91 Å². The van der Waals surface area contributed by atoms with Crippen molar-refractivity contribution in [1.82, 2.24) is 19.6 Å². The number of fused-ring (bicyclic) bond motifs is 1. The third-order valence-electron chi connectivity index (χ3n) is 5.67. The highest BCUT2D eigenvalue weighted by Crippen LogP contribution is 2.25. The Morgan fingerprint density at radius 2 is 1.88 bits per heavy atom. The van der Waals surface area contributed by atoms with Gasteiger partial charge in [0.1, 0.15) is 0 Å². The Morgan fingerprint density at radius 3 is 2.62 bits per heavy atom. The van der Waals surface area contributed by atoms with Crippen LogP contribution < -0.4 is 0 Å². The van der Waals surface area contributed by atoms with E-state index in [-0.39, 0.29) is 5.91 Å². The number of nitrogens with zero attached hydrogens (tertiary/aromatic N) is 4. The Bertz CT molecular complexity index is 762. The Balaban J connectivity index is 1.51. The van der Waals surface area contributed by atoms with Crippen LogP contribution in [0.25, 0.3) is 0 Å². The summed E-state index contributed by atoms with van der Waals surface area (Å²) < 4.78 is 2.05. The molecule has 1 aromatic heterocycles. The first-order valence-corrected chi connectivity index (χ1v) is 9.90. The highest BCUT2D eigenvalue weighted by Gasteiger charge is 2.30. The number of benzene rings is 1. The van der Waals surface area contributed by atoms with Gasteiger partial charge >= 0.3 is 0 Å². The van der Waals surface area contributed by atoms with Crippen LogP contribution in [0.1, 0.15) is 47.1 Å². The first kappa shape index (κ1) is 17.3. The summed E-state index contributed by atoms with van der Waals surface area (Å²) in [5, 5.41) is 4.71. The molecule has 1 fully saturated rings. The van der Waals surface area contributed by atoms with Gasteiger partial charge in [-0.2, -0.15) is 5.10 Å². The van der Waals surface area contributed by atoms with Crippen LogP contribution >= 0.6 is 0 Å². The molecule has 0 spiro atoms. The summed E-state index contributed by atoms with van der Waals surface area (Å²) in [6, 6.07) is 10.6. The van der Waals surface area contributed by atoms with Crippen molar-refractivity contribution in [1.29, 1.82) is 0 Å². The molecule has 138 valence electrons. The topological polar surface area (TPSA) is 41.4 Å². The number of amides is 1. The van der Waals surface area contributed by atoms with Crippen molar-refractivity contribution in [3.63, 3.8) is 0 Å². The minimum absolute atomic E-state index is 0.135. The number of aryl methyl sites for hydroxylation is 1. The Labute approximate surface area is 155 Å². The molecule has 4 rings (SSSR count). The van der Waals surface area contributed by atoms with E-state index in [0.717, 1.165) is 65.0 Å². The molecule has 0 atom stereocenters. The second-order valence-corrected chi connectivity index (χ2v) is 7.35. The van der Waals surface area contributed by atoms with Crippen LogP contribution in [0.4, 0.5) is 0 Å². The Morgan fingerprint density at radius 1 is 1.12 bits per heavy atom. The zero-order valence-corrected chi connectivity index (χ0v) is 15.7. The summed E-state index contributed by atoms with van der Waals surface area (Å²) in [5.74, 6) is 0.135. The molecule has 2 aliphatic rings. The highest BCUT2D eigenvalue weighted by atomic mass is 16.2. The van der Waals surface area contributed by atoms with E-state index in [9.17, 15) is 4.79 Å². The molecule has 0 unspecified atom stereocenters. The fourth-order valence-corrected chi connectivity index (χ4v) is 4.17. The van der Waals surface area contributed by atoms with Crippen molar-refractivity contribution in [2.24, 2.45) is 0 Å². The van der Waals surface area contributed by atoms with Gasteiger partial charge in [0.05, 0.1) is 0 Å². The zero-order valence-electron chi connectivity index (χ0n) is 15.7. The lowest BCUT2D eigenvalue weighted by Gasteiger charge is -2.28. The maximum atomic E-state index is 13.0. The molecular formula is C21H28N4O. The number of rotatable bonds is 5. The molecule has 5 nitrogen and oxygen atoms in total. The van der Waals surface area contributed by atoms with Gasteiger partial charge in [-0.1, -0.05) is 30.3 Å². The SMILES string of the molecule is CCn1nc(C(=O)N2CCCC2)c2c1CCN(CCc1ccccc1)C2. The van der Waals surface area contributed by atoms with Crippen LogP contribution in [0.3, 0.4) is 0 Å². The zero-order chi connectivity index (χ0) is 17.9. The molecule has 1 amide bonds. The van der Waals surface area contributed by atoms with E-state index in [1.165, 1.54) is 16.8 Å². The number of hydrogen-bond donors (Lipinski definition) is 0. The summed E-state index contributed by atoms with van der Waals surface area (Å²) in [6.07, 6.45) is 4.27. The normalized spacial score (nSPS) is 17.5. The molecule has 0 radical (unpaired) electrons. The largest absolute Gasteiger partial charge is 0.337 e. The van der Waals surface area contributed by atoms with Gasteiger partial charge in [0.2, 0.25) is 0 Å². The van der Waals surface area contributed by atoms with E-state index in [1.54, 1.807) is 0 Å². The summed E-state index contributed by atoms with van der Waals surface area (Å²) in [5.41, 5.74) is 4.51. The monoisotopic (exact) mass is 352 g/mol. The van der Waals surface area contributed by atoms with E-state index >= 15 is 0 Å². The maximum absolute atomic E-state index is 13.0. The van der Waals surface area contributed by atoms with E-state index in [1.807, 2.05) is 9.58 Å². The first-order valence-electron chi connectivity index (χ1n) is 9.90. The first-order chi connectivity index (χ1) is 12.8. The summed E-state index contributed by atoms with van der Waals surface area (Å²) >= 11 is 0. The maximum Gasteiger partial charge on any atom is 0.274 e. The van der Waals surface area contributed by atoms with Crippen molar-refractivity contribution in [2.75, 3.05) is 26.2 Å². The fraction of sp³-hybridized carbons (Fsp3) is 0.524.